The summed E-state index contributed by atoms with van der Waals surface area (Å²) in [6.45, 7) is 0.936. The maximum Gasteiger partial charge on any atom is 0.243 e. The number of halogens is 2. The van der Waals surface area contributed by atoms with Gasteiger partial charge in [-0.15, -0.1) is 11.3 Å². The van der Waals surface area contributed by atoms with Gasteiger partial charge in [-0.05, 0) is 43.9 Å². The van der Waals surface area contributed by atoms with Crippen LogP contribution >= 0.6 is 11.3 Å². The standard InChI is InChI=1S/C19H21F2N3O3S2/c20-16-6-5-15(8-17(16)21)29(26,27)24-7-1-2-13(10-24)19-23-14(11-28-19)9-22-18(25)12-3-4-12/h5-6,8,11-13H,1-4,7,9-10H2,(H,22,25)/t13-/m0/s1. The molecule has 29 heavy (non-hydrogen) atoms. The Bertz CT molecular complexity index is 1020. The number of sulfonamides is 1. The summed E-state index contributed by atoms with van der Waals surface area (Å²) in [6.07, 6.45) is 3.34. The summed E-state index contributed by atoms with van der Waals surface area (Å²) < 4.78 is 53.7. The van der Waals surface area contributed by atoms with Crippen molar-refractivity contribution in [2.24, 2.45) is 5.92 Å². The van der Waals surface area contributed by atoms with Crippen LogP contribution in [0.15, 0.2) is 28.5 Å². The molecule has 2 aliphatic rings. The summed E-state index contributed by atoms with van der Waals surface area (Å²) in [5, 5.41) is 5.58. The molecule has 1 amide bonds. The molecular weight excluding hydrogens is 420 g/mol. The Labute approximate surface area is 172 Å². The Kier molecular flexibility index (Phi) is 5.67. The number of piperidine rings is 1. The normalized spacial score (nSPS) is 20.6. The summed E-state index contributed by atoms with van der Waals surface area (Å²) in [7, 11) is -3.91. The van der Waals surface area contributed by atoms with Gasteiger partial charge in [-0.1, -0.05) is 0 Å². The topological polar surface area (TPSA) is 79.4 Å². The Hall–Kier alpha value is -1.91. The molecule has 1 saturated heterocycles. The van der Waals surface area contributed by atoms with E-state index in [4.69, 9.17) is 0 Å². The van der Waals surface area contributed by atoms with Gasteiger partial charge in [0, 0.05) is 30.3 Å². The molecule has 1 aliphatic heterocycles. The van der Waals surface area contributed by atoms with Crippen LogP contribution in [0.1, 0.15) is 42.3 Å². The molecule has 10 heteroatoms. The molecule has 0 unspecified atom stereocenters. The van der Waals surface area contributed by atoms with Crippen molar-refractivity contribution >= 4 is 27.3 Å². The summed E-state index contributed by atoms with van der Waals surface area (Å²) in [5.41, 5.74) is 0.764. The third-order valence-electron chi connectivity index (χ3n) is 5.22. The number of nitrogens with zero attached hydrogens (tertiary/aromatic N) is 2. The Morgan fingerprint density at radius 1 is 1.24 bits per heavy atom. The van der Waals surface area contributed by atoms with E-state index in [-0.39, 0.29) is 29.2 Å². The zero-order valence-corrected chi connectivity index (χ0v) is 17.2. The highest BCUT2D eigenvalue weighted by Crippen LogP contribution is 2.32. The van der Waals surface area contributed by atoms with E-state index in [1.165, 1.54) is 15.6 Å². The van der Waals surface area contributed by atoms with Gasteiger partial charge in [-0.25, -0.2) is 22.2 Å². The molecule has 6 nitrogen and oxygen atoms in total. The highest BCUT2D eigenvalue weighted by atomic mass is 32.2. The third kappa shape index (κ3) is 4.49. The summed E-state index contributed by atoms with van der Waals surface area (Å²) >= 11 is 1.45. The first-order chi connectivity index (χ1) is 13.8. The molecule has 0 bridgehead atoms. The molecule has 2 fully saturated rings. The Morgan fingerprint density at radius 2 is 2.03 bits per heavy atom. The number of hydrogen-bond donors (Lipinski definition) is 1. The monoisotopic (exact) mass is 441 g/mol. The van der Waals surface area contributed by atoms with Crippen molar-refractivity contribution in [2.45, 2.75) is 43.0 Å². The van der Waals surface area contributed by atoms with E-state index < -0.39 is 21.7 Å². The lowest BCUT2D eigenvalue weighted by Crippen LogP contribution is -2.39. The summed E-state index contributed by atoms with van der Waals surface area (Å²) in [5.74, 6) is -2.13. The van der Waals surface area contributed by atoms with Gasteiger partial charge in [0.2, 0.25) is 15.9 Å². The number of carbonyl (C=O) groups excluding carboxylic acids is 1. The fourth-order valence-corrected chi connectivity index (χ4v) is 5.89. The van der Waals surface area contributed by atoms with Crippen LogP contribution in [-0.4, -0.2) is 36.7 Å². The molecule has 1 aliphatic carbocycles. The largest absolute Gasteiger partial charge is 0.350 e. The van der Waals surface area contributed by atoms with E-state index in [1.54, 1.807) is 0 Å². The van der Waals surface area contributed by atoms with Gasteiger partial charge in [0.25, 0.3) is 0 Å². The molecule has 1 N–H and O–H groups in total. The first-order valence-electron chi connectivity index (χ1n) is 9.52. The number of aromatic nitrogens is 1. The zero-order chi connectivity index (χ0) is 20.6. The first kappa shape index (κ1) is 20.4. The lowest BCUT2D eigenvalue weighted by molar-refractivity contribution is -0.122. The molecule has 0 spiro atoms. The second kappa shape index (κ2) is 8.08. The van der Waals surface area contributed by atoms with Gasteiger partial charge < -0.3 is 5.32 Å². The second-order valence-corrected chi connectivity index (χ2v) is 10.3. The smallest absolute Gasteiger partial charge is 0.243 e. The number of hydrogen-bond acceptors (Lipinski definition) is 5. The fraction of sp³-hybridized carbons (Fsp3) is 0.474. The predicted octanol–water partition coefficient (Wildman–Crippen LogP) is 3.02. The van der Waals surface area contributed by atoms with Crippen LogP contribution in [-0.2, 0) is 21.4 Å². The Morgan fingerprint density at radius 3 is 2.76 bits per heavy atom. The van der Waals surface area contributed by atoms with Gasteiger partial charge in [-0.3, -0.25) is 4.79 Å². The second-order valence-electron chi connectivity index (χ2n) is 7.45. The highest BCUT2D eigenvalue weighted by Gasteiger charge is 2.33. The molecule has 0 radical (unpaired) electrons. The van der Waals surface area contributed by atoms with Crippen molar-refractivity contribution in [1.82, 2.24) is 14.6 Å². The lowest BCUT2D eigenvalue weighted by atomic mass is 10.0. The minimum absolute atomic E-state index is 0.0565. The number of rotatable bonds is 6. The van der Waals surface area contributed by atoms with E-state index in [2.05, 4.69) is 10.3 Å². The van der Waals surface area contributed by atoms with Crippen LogP contribution < -0.4 is 5.32 Å². The van der Waals surface area contributed by atoms with E-state index in [0.717, 1.165) is 48.2 Å². The first-order valence-corrected chi connectivity index (χ1v) is 11.8. The minimum atomic E-state index is -3.91. The van der Waals surface area contributed by atoms with Gasteiger partial charge in [0.1, 0.15) is 0 Å². The van der Waals surface area contributed by atoms with Crippen molar-refractivity contribution in [3.05, 3.63) is 45.9 Å². The van der Waals surface area contributed by atoms with Crippen molar-refractivity contribution in [1.29, 1.82) is 0 Å². The molecule has 156 valence electrons. The van der Waals surface area contributed by atoms with E-state index in [1.807, 2.05) is 5.38 Å². The van der Waals surface area contributed by atoms with Crippen molar-refractivity contribution in [3.8, 4) is 0 Å². The SMILES string of the molecule is O=C(NCc1csc([C@H]2CCCN(S(=O)(=O)c3ccc(F)c(F)c3)C2)n1)C1CC1. The average Bonchev–Trinajstić information content (AvgIpc) is 3.46. The van der Waals surface area contributed by atoms with Gasteiger partial charge >= 0.3 is 0 Å². The zero-order valence-electron chi connectivity index (χ0n) is 15.6. The van der Waals surface area contributed by atoms with Crippen molar-refractivity contribution < 1.29 is 22.0 Å². The molecule has 1 saturated carbocycles. The highest BCUT2D eigenvalue weighted by molar-refractivity contribution is 7.89. The van der Waals surface area contributed by atoms with Gasteiger partial charge in [-0.2, -0.15) is 4.31 Å². The van der Waals surface area contributed by atoms with E-state index in [0.29, 0.717) is 19.5 Å². The van der Waals surface area contributed by atoms with Gasteiger partial charge in [0.15, 0.2) is 11.6 Å². The maximum absolute atomic E-state index is 13.5. The number of benzene rings is 1. The molecule has 2 heterocycles. The van der Waals surface area contributed by atoms with E-state index in [9.17, 15) is 22.0 Å². The summed E-state index contributed by atoms with van der Waals surface area (Å²) in [4.78, 5) is 16.1. The van der Waals surface area contributed by atoms with Crippen LogP contribution in [0.2, 0.25) is 0 Å². The molecule has 2 aromatic rings. The van der Waals surface area contributed by atoms with Crippen LogP contribution in [0.4, 0.5) is 8.78 Å². The Balaban J connectivity index is 1.44. The third-order valence-corrected chi connectivity index (χ3v) is 8.14. The lowest BCUT2D eigenvalue weighted by Gasteiger charge is -2.31. The van der Waals surface area contributed by atoms with Gasteiger partial charge in [0.05, 0.1) is 22.1 Å². The molecule has 1 atom stereocenters. The predicted molar refractivity (Wildman–Crippen MR) is 104 cm³/mol. The molecule has 1 aromatic heterocycles. The number of thiazole rings is 1. The molecular formula is C19H21F2N3O3S2. The number of nitrogens with one attached hydrogen (secondary N) is 1. The van der Waals surface area contributed by atoms with E-state index >= 15 is 0 Å². The molecule has 4 rings (SSSR count). The van der Waals surface area contributed by atoms with Crippen molar-refractivity contribution in [3.63, 3.8) is 0 Å². The fourth-order valence-electron chi connectivity index (χ4n) is 3.41. The summed E-state index contributed by atoms with van der Waals surface area (Å²) in [6, 6.07) is 2.63. The quantitative estimate of drug-likeness (QED) is 0.747. The van der Waals surface area contributed by atoms with Crippen LogP contribution in [0.25, 0.3) is 0 Å². The van der Waals surface area contributed by atoms with Crippen LogP contribution in [0.5, 0.6) is 0 Å². The minimum Gasteiger partial charge on any atom is -0.350 e. The average molecular weight is 442 g/mol. The van der Waals surface area contributed by atoms with Crippen molar-refractivity contribution in [2.75, 3.05) is 13.1 Å². The number of carbonyl (C=O) groups is 1. The van der Waals surface area contributed by atoms with Crippen LogP contribution in [0, 0.1) is 17.6 Å². The van der Waals surface area contributed by atoms with Crippen LogP contribution in [0.3, 0.4) is 0 Å². The maximum atomic E-state index is 13.5. The molecule has 1 aromatic carbocycles. The number of amides is 1.